The lowest BCUT2D eigenvalue weighted by Gasteiger charge is -2.06. The van der Waals surface area contributed by atoms with Gasteiger partial charge in [-0.2, -0.15) is 5.26 Å². The summed E-state index contributed by atoms with van der Waals surface area (Å²) in [5.41, 5.74) is 0.150. The Hall–Kier alpha value is -2.24. The number of aromatic nitrogens is 3. The molecule has 0 saturated heterocycles. The van der Waals surface area contributed by atoms with Crippen LogP contribution < -0.4 is 5.69 Å². The van der Waals surface area contributed by atoms with E-state index in [1.54, 1.807) is 0 Å². The van der Waals surface area contributed by atoms with E-state index in [4.69, 9.17) is 22.0 Å². The minimum Gasteiger partial charge on any atom is -0.481 e. The molecule has 9 heteroatoms. The van der Waals surface area contributed by atoms with Crippen molar-refractivity contribution in [3.05, 3.63) is 39.3 Å². The molecule has 102 valence electrons. The van der Waals surface area contributed by atoms with Crippen LogP contribution in [0.4, 0.5) is 0 Å². The molecule has 1 aromatic carbocycles. The molecule has 0 aliphatic carbocycles. The second-order valence-corrected chi connectivity index (χ2v) is 4.96. The molecule has 1 heterocycles. The minimum atomic E-state index is -1.03. The Labute approximate surface area is 121 Å². The maximum atomic E-state index is 11.8. The van der Waals surface area contributed by atoms with Gasteiger partial charge < -0.3 is 5.11 Å². The Morgan fingerprint density at radius 2 is 2.35 bits per heavy atom. The number of hydrogen-bond acceptors (Lipinski definition) is 5. The summed E-state index contributed by atoms with van der Waals surface area (Å²) < 4.78 is 1.16. The van der Waals surface area contributed by atoms with Gasteiger partial charge >= 0.3 is 11.7 Å². The molecule has 0 amide bonds. The molecule has 0 atom stereocenters. The zero-order chi connectivity index (χ0) is 14.7. The van der Waals surface area contributed by atoms with Gasteiger partial charge in [-0.1, -0.05) is 23.4 Å². The van der Waals surface area contributed by atoms with Crippen LogP contribution >= 0.6 is 23.4 Å². The fourth-order valence-corrected chi connectivity index (χ4v) is 2.41. The summed E-state index contributed by atoms with van der Waals surface area (Å²) in [6.07, 6.45) is 0. The molecule has 20 heavy (non-hydrogen) atoms. The molecule has 7 nitrogen and oxygen atoms in total. The summed E-state index contributed by atoms with van der Waals surface area (Å²) in [6.45, 7) is 0. The molecule has 2 N–H and O–H groups in total. The number of aromatic amines is 1. The van der Waals surface area contributed by atoms with Crippen LogP contribution in [-0.4, -0.2) is 31.6 Å². The number of carbonyl (C=O) groups is 1. The van der Waals surface area contributed by atoms with Gasteiger partial charge in [0.2, 0.25) is 0 Å². The standard InChI is InChI=1S/C11H7ClN4O3S/c12-7-3-6(4-13)1-2-8(7)16-10(19)14-15-11(16)20-5-9(17)18/h1-3H,5H2,(H,14,19)(H,17,18). The minimum absolute atomic E-state index is 0.184. The molecule has 1 aromatic heterocycles. The van der Waals surface area contributed by atoms with Crippen molar-refractivity contribution in [3.63, 3.8) is 0 Å². The summed E-state index contributed by atoms with van der Waals surface area (Å²) in [7, 11) is 0. The summed E-state index contributed by atoms with van der Waals surface area (Å²) in [5.74, 6) is -1.26. The highest BCUT2D eigenvalue weighted by Gasteiger charge is 2.15. The van der Waals surface area contributed by atoms with Crippen LogP contribution in [0.5, 0.6) is 0 Å². The molecule has 0 saturated carbocycles. The lowest BCUT2D eigenvalue weighted by molar-refractivity contribution is -0.133. The lowest BCUT2D eigenvalue weighted by Crippen LogP contribution is -2.16. The number of halogens is 1. The van der Waals surface area contributed by atoms with Gasteiger partial charge in [-0.3, -0.25) is 4.79 Å². The van der Waals surface area contributed by atoms with E-state index in [0.717, 1.165) is 16.3 Å². The van der Waals surface area contributed by atoms with Crippen LogP contribution in [0.25, 0.3) is 5.69 Å². The molecule has 2 rings (SSSR count). The second-order valence-electron chi connectivity index (χ2n) is 3.61. The normalized spacial score (nSPS) is 10.2. The van der Waals surface area contributed by atoms with E-state index in [1.807, 2.05) is 6.07 Å². The maximum Gasteiger partial charge on any atom is 0.348 e. The number of carboxylic acid groups (broad SMARTS) is 1. The number of rotatable bonds is 4. The summed E-state index contributed by atoms with van der Waals surface area (Å²) in [6, 6.07) is 6.36. The number of H-pyrrole nitrogens is 1. The van der Waals surface area contributed by atoms with E-state index >= 15 is 0 Å². The number of nitrogens with one attached hydrogen (secondary N) is 1. The van der Waals surface area contributed by atoms with Crippen molar-refractivity contribution in [2.75, 3.05) is 5.75 Å². The first-order chi connectivity index (χ1) is 9.52. The van der Waals surface area contributed by atoms with Gasteiger partial charge in [0.25, 0.3) is 0 Å². The molecule has 0 aliphatic rings. The lowest BCUT2D eigenvalue weighted by atomic mass is 10.2. The fraction of sp³-hybridized carbons (Fsp3) is 0.0909. The number of hydrogen-bond donors (Lipinski definition) is 2. The van der Waals surface area contributed by atoms with Crippen molar-refractivity contribution in [2.24, 2.45) is 0 Å². The van der Waals surface area contributed by atoms with Gasteiger partial charge in [-0.05, 0) is 18.2 Å². The first-order valence-electron chi connectivity index (χ1n) is 5.25. The predicted octanol–water partition coefficient (Wildman–Crippen LogP) is 1.26. The van der Waals surface area contributed by atoms with Crippen LogP contribution in [0.3, 0.4) is 0 Å². The number of benzene rings is 1. The zero-order valence-corrected chi connectivity index (χ0v) is 11.4. The summed E-state index contributed by atoms with van der Waals surface area (Å²) in [4.78, 5) is 22.3. The molecule has 0 aliphatic heterocycles. The molecule has 0 spiro atoms. The molecule has 0 bridgehead atoms. The highest BCUT2D eigenvalue weighted by Crippen LogP contribution is 2.24. The van der Waals surface area contributed by atoms with Gasteiger partial charge in [-0.15, -0.1) is 5.10 Å². The quantitative estimate of drug-likeness (QED) is 0.822. The zero-order valence-electron chi connectivity index (χ0n) is 9.83. The summed E-state index contributed by atoms with van der Waals surface area (Å²) >= 11 is 6.92. The molecule has 2 aromatic rings. The Kier molecular flexibility index (Phi) is 4.12. The highest BCUT2D eigenvalue weighted by atomic mass is 35.5. The topological polar surface area (TPSA) is 112 Å². The van der Waals surface area contributed by atoms with E-state index in [1.165, 1.54) is 18.2 Å². The van der Waals surface area contributed by atoms with Crippen molar-refractivity contribution in [3.8, 4) is 11.8 Å². The highest BCUT2D eigenvalue weighted by molar-refractivity contribution is 7.99. The first kappa shape index (κ1) is 14.2. The Morgan fingerprint density at radius 3 is 2.95 bits per heavy atom. The van der Waals surface area contributed by atoms with Crippen molar-refractivity contribution in [1.82, 2.24) is 14.8 Å². The second kappa shape index (κ2) is 5.81. The number of nitriles is 1. The third kappa shape index (κ3) is 2.84. The van der Waals surface area contributed by atoms with E-state index in [-0.39, 0.29) is 15.9 Å². The van der Waals surface area contributed by atoms with Crippen LogP contribution in [0.2, 0.25) is 5.02 Å². The number of aliphatic carboxylic acids is 1. The van der Waals surface area contributed by atoms with Crippen molar-refractivity contribution >= 4 is 29.3 Å². The number of thioether (sulfide) groups is 1. The first-order valence-corrected chi connectivity index (χ1v) is 6.61. The maximum absolute atomic E-state index is 11.8. The van der Waals surface area contributed by atoms with Gasteiger partial charge in [0.1, 0.15) is 0 Å². The van der Waals surface area contributed by atoms with Crippen LogP contribution in [0.1, 0.15) is 5.56 Å². The van der Waals surface area contributed by atoms with E-state index in [9.17, 15) is 9.59 Å². The smallest absolute Gasteiger partial charge is 0.348 e. The number of nitrogens with zero attached hydrogens (tertiary/aromatic N) is 3. The van der Waals surface area contributed by atoms with E-state index < -0.39 is 11.7 Å². The van der Waals surface area contributed by atoms with Crippen LogP contribution in [0, 0.1) is 11.3 Å². The van der Waals surface area contributed by atoms with Crippen molar-refractivity contribution in [1.29, 1.82) is 5.26 Å². The Bertz CT molecular complexity index is 762. The fourth-order valence-electron chi connectivity index (χ4n) is 1.48. The SMILES string of the molecule is N#Cc1ccc(-n2c(SCC(=O)O)n[nH]c2=O)c(Cl)c1. The number of carboxylic acids is 1. The molecule has 0 fully saturated rings. The van der Waals surface area contributed by atoms with E-state index in [0.29, 0.717) is 11.3 Å². The average molecular weight is 311 g/mol. The van der Waals surface area contributed by atoms with Crippen molar-refractivity contribution < 1.29 is 9.90 Å². The van der Waals surface area contributed by atoms with Crippen molar-refractivity contribution in [2.45, 2.75) is 5.16 Å². The monoisotopic (exact) mass is 310 g/mol. The third-order valence-electron chi connectivity index (χ3n) is 2.28. The van der Waals surface area contributed by atoms with Gasteiger partial charge in [0.15, 0.2) is 5.16 Å². The van der Waals surface area contributed by atoms with Gasteiger partial charge in [-0.25, -0.2) is 14.5 Å². The Morgan fingerprint density at radius 1 is 1.60 bits per heavy atom. The average Bonchev–Trinajstić information content (AvgIpc) is 2.77. The third-order valence-corrected chi connectivity index (χ3v) is 3.51. The van der Waals surface area contributed by atoms with Crippen LogP contribution in [-0.2, 0) is 4.79 Å². The van der Waals surface area contributed by atoms with E-state index in [2.05, 4.69) is 10.2 Å². The molecule has 0 radical (unpaired) electrons. The largest absolute Gasteiger partial charge is 0.481 e. The molecule has 0 unspecified atom stereocenters. The molecular weight excluding hydrogens is 304 g/mol. The van der Waals surface area contributed by atoms with Gasteiger partial charge in [0, 0.05) is 0 Å². The van der Waals surface area contributed by atoms with Crippen LogP contribution in [0.15, 0.2) is 28.2 Å². The predicted molar refractivity (Wildman–Crippen MR) is 72.3 cm³/mol. The van der Waals surface area contributed by atoms with Gasteiger partial charge in [0.05, 0.1) is 28.1 Å². The molecular formula is C11H7ClN4O3S. The Balaban J connectivity index is 2.47. The summed E-state index contributed by atoms with van der Waals surface area (Å²) in [5, 5.41) is 23.8.